The maximum absolute atomic E-state index is 11.1. The van der Waals surface area contributed by atoms with E-state index in [1.54, 1.807) is 0 Å². The Balaban J connectivity index is 1.67. The summed E-state index contributed by atoms with van der Waals surface area (Å²) in [4.78, 5) is 4.55. The van der Waals surface area contributed by atoms with E-state index in [2.05, 4.69) is 23.3 Å². The molecule has 2 aliphatic rings. The summed E-state index contributed by atoms with van der Waals surface area (Å²) in [6, 6.07) is 4.77. The Morgan fingerprint density at radius 2 is 2.15 bits per heavy atom. The van der Waals surface area contributed by atoms with Crippen LogP contribution in [0.25, 0.3) is 0 Å². The third-order valence-electron chi connectivity index (χ3n) is 5.14. The molecule has 1 aromatic heterocycles. The van der Waals surface area contributed by atoms with E-state index in [1.807, 2.05) is 12.3 Å². The monoisotopic (exact) mass is 274 g/mol. The van der Waals surface area contributed by atoms with Crippen LogP contribution < -0.4 is 5.32 Å². The maximum atomic E-state index is 11.1. The lowest BCUT2D eigenvalue weighted by Crippen LogP contribution is -2.44. The van der Waals surface area contributed by atoms with E-state index < -0.39 is 5.60 Å². The maximum Gasteiger partial charge on any atom is 0.0732 e. The Morgan fingerprint density at radius 3 is 2.90 bits per heavy atom. The molecule has 1 unspecified atom stereocenters. The summed E-state index contributed by atoms with van der Waals surface area (Å²) in [6.45, 7) is 3.30. The number of nitrogens with one attached hydrogen (secondary N) is 1. The lowest BCUT2D eigenvalue weighted by molar-refractivity contribution is -0.0287. The average Bonchev–Trinajstić information content (AvgIpc) is 2.91. The molecule has 1 atom stereocenters. The number of nitrogens with zero attached hydrogens (tertiary/aromatic N) is 1. The topological polar surface area (TPSA) is 45.1 Å². The molecule has 2 aliphatic carbocycles. The number of hydrogen-bond acceptors (Lipinski definition) is 3. The lowest BCUT2D eigenvalue weighted by atomic mass is 9.73. The predicted octanol–water partition coefficient (Wildman–Crippen LogP) is 2.78. The van der Waals surface area contributed by atoms with Gasteiger partial charge in [-0.15, -0.1) is 0 Å². The van der Waals surface area contributed by atoms with Crippen LogP contribution in [0.15, 0.2) is 18.3 Å². The first-order valence-electron chi connectivity index (χ1n) is 8.12. The number of aromatic nitrogens is 1. The van der Waals surface area contributed by atoms with Gasteiger partial charge in [0.05, 0.1) is 5.60 Å². The first-order chi connectivity index (χ1) is 9.73. The molecule has 0 spiro atoms. The fraction of sp³-hybridized carbons (Fsp3) is 0.706. The molecule has 0 aliphatic heterocycles. The van der Waals surface area contributed by atoms with E-state index in [0.717, 1.165) is 50.8 Å². The van der Waals surface area contributed by atoms with Crippen molar-refractivity contribution in [3.05, 3.63) is 29.6 Å². The zero-order valence-electron chi connectivity index (χ0n) is 12.4. The summed E-state index contributed by atoms with van der Waals surface area (Å²) in [5.41, 5.74) is 1.98. The van der Waals surface area contributed by atoms with Crippen LogP contribution >= 0.6 is 0 Å². The number of pyridine rings is 1. The van der Waals surface area contributed by atoms with E-state index in [9.17, 15) is 5.11 Å². The zero-order valence-corrected chi connectivity index (χ0v) is 12.4. The number of rotatable bonds is 4. The smallest absolute Gasteiger partial charge is 0.0732 e. The second-order valence-corrected chi connectivity index (χ2v) is 6.47. The molecule has 0 saturated heterocycles. The molecule has 0 radical (unpaired) electrons. The van der Waals surface area contributed by atoms with Gasteiger partial charge in [0.1, 0.15) is 0 Å². The molecule has 0 amide bonds. The van der Waals surface area contributed by atoms with Crippen molar-refractivity contribution in [3.63, 3.8) is 0 Å². The van der Waals surface area contributed by atoms with E-state index in [4.69, 9.17) is 0 Å². The summed E-state index contributed by atoms with van der Waals surface area (Å²) >= 11 is 0. The molecule has 3 heteroatoms. The van der Waals surface area contributed by atoms with Gasteiger partial charge in [0.25, 0.3) is 0 Å². The Bertz CT molecular complexity index is 452. The van der Waals surface area contributed by atoms with Gasteiger partial charge < -0.3 is 10.4 Å². The highest BCUT2D eigenvalue weighted by Crippen LogP contribution is 2.45. The SMILES string of the molecule is CCCNC1CCC(O)(C2CCc3cccnc32)CC1. The van der Waals surface area contributed by atoms with Gasteiger partial charge in [0.2, 0.25) is 0 Å². The summed E-state index contributed by atoms with van der Waals surface area (Å²) in [6.07, 6.45) is 9.20. The highest BCUT2D eigenvalue weighted by molar-refractivity contribution is 5.31. The second-order valence-electron chi connectivity index (χ2n) is 6.47. The quantitative estimate of drug-likeness (QED) is 0.887. The van der Waals surface area contributed by atoms with Crippen LogP contribution in [0.4, 0.5) is 0 Å². The van der Waals surface area contributed by atoms with Crippen LogP contribution in [0.3, 0.4) is 0 Å². The Kier molecular flexibility index (Phi) is 4.08. The van der Waals surface area contributed by atoms with Crippen molar-refractivity contribution < 1.29 is 5.11 Å². The van der Waals surface area contributed by atoms with Crippen LogP contribution in [0.5, 0.6) is 0 Å². The minimum Gasteiger partial charge on any atom is -0.389 e. The van der Waals surface area contributed by atoms with Crippen molar-refractivity contribution in [2.75, 3.05) is 6.54 Å². The Morgan fingerprint density at radius 1 is 1.35 bits per heavy atom. The predicted molar refractivity (Wildman–Crippen MR) is 80.8 cm³/mol. The summed E-state index contributed by atoms with van der Waals surface area (Å²) in [5, 5.41) is 14.7. The van der Waals surface area contributed by atoms with Gasteiger partial charge in [-0.05, 0) is 63.1 Å². The average molecular weight is 274 g/mol. The largest absolute Gasteiger partial charge is 0.389 e. The van der Waals surface area contributed by atoms with Crippen LogP contribution in [-0.4, -0.2) is 28.3 Å². The second kappa shape index (κ2) is 5.82. The number of aryl methyl sites for hydroxylation is 1. The number of fused-ring (bicyclic) bond motifs is 1. The molecule has 1 heterocycles. The highest BCUT2D eigenvalue weighted by atomic mass is 16.3. The van der Waals surface area contributed by atoms with E-state index in [-0.39, 0.29) is 5.92 Å². The highest BCUT2D eigenvalue weighted by Gasteiger charge is 2.44. The zero-order chi connectivity index (χ0) is 14.0. The Hall–Kier alpha value is -0.930. The van der Waals surface area contributed by atoms with Gasteiger partial charge in [-0.2, -0.15) is 0 Å². The molecule has 0 bridgehead atoms. The van der Waals surface area contributed by atoms with Crippen molar-refractivity contribution in [1.29, 1.82) is 0 Å². The molecule has 110 valence electrons. The van der Waals surface area contributed by atoms with Gasteiger partial charge in [0, 0.05) is 23.9 Å². The van der Waals surface area contributed by atoms with Crippen molar-refractivity contribution in [1.82, 2.24) is 10.3 Å². The first kappa shape index (κ1) is 14.0. The normalized spacial score (nSPS) is 33.1. The third-order valence-corrected chi connectivity index (χ3v) is 5.14. The summed E-state index contributed by atoms with van der Waals surface area (Å²) in [7, 11) is 0. The lowest BCUT2D eigenvalue weighted by Gasteiger charge is -2.40. The molecule has 1 fully saturated rings. The van der Waals surface area contributed by atoms with Crippen LogP contribution in [0.2, 0.25) is 0 Å². The van der Waals surface area contributed by atoms with E-state index in [1.165, 1.54) is 12.0 Å². The molecule has 3 nitrogen and oxygen atoms in total. The van der Waals surface area contributed by atoms with Gasteiger partial charge in [0.15, 0.2) is 0 Å². The van der Waals surface area contributed by atoms with E-state index >= 15 is 0 Å². The molecule has 20 heavy (non-hydrogen) atoms. The van der Waals surface area contributed by atoms with Gasteiger partial charge in [-0.1, -0.05) is 13.0 Å². The fourth-order valence-corrected chi connectivity index (χ4v) is 3.95. The molecule has 3 rings (SSSR count). The molecular weight excluding hydrogens is 248 g/mol. The van der Waals surface area contributed by atoms with Crippen molar-refractivity contribution >= 4 is 0 Å². The van der Waals surface area contributed by atoms with Crippen molar-refractivity contribution in [3.8, 4) is 0 Å². The standard InChI is InChI=1S/C17H26N2O/c1-2-11-18-14-7-9-17(20,10-8-14)15-6-5-13-4-3-12-19-16(13)15/h3-4,12,14-15,18,20H,2,5-11H2,1H3. The van der Waals surface area contributed by atoms with Crippen LogP contribution in [0.1, 0.15) is 62.6 Å². The summed E-state index contributed by atoms with van der Waals surface area (Å²) < 4.78 is 0. The van der Waals surface area contributed by atoms with E-state index in [0.29, 0.717) is 6.04 Å². The fourth-order valence-electron chi connectivity index (χ4n) is 3.95. The number of hydrogen-bond donors (Lipinski definition) is 2. The van der Waals surface area contributed by atoms with Crippen molar-refractivity contribution in [2.45, 2.75) is 69.4 Å². The third kappa shape index (κ3) is 2.61. The van der Waals surface area contributed by atoms with Crippen LogP contribution in [0, 0.1) is 0 Å². The van der Waals surface area contributed by atoms with Gasteiger partial charge in [-0.25, -0.2) is 0 Å². The number of aliphatic hydroxyl groups is 1. The molecule has 1 saturated carbocycles. The first-order valence-corrected chi connectivity index (χ1v) is 8.12. The van der Waals surface area contributed by atoms with Gasteiger partial charge >= 0.3 is 0 Å². The Labute approximate surface area is 121 Å². The van der Waals surface area contributed by atoms with Gasteiger partial charge in [-0.3, -0.25) is 4.98 Å². The van der Waals surface area contributed by atoms with Crippen molar-refractivity contribution in [2.24, 2.45) is 0 Å². The van der Waals surface area contributed by atoms with Crippen LogP contribution in [-0.2, 0) is 6.42 Å². The molecular formula is C17H26N2O. The summed E-state index contributed by atoms with van der Waals surface area (Å²) in [5.74, 6) is 0.255. The molecule has 1 aromatic rings. The minimum atomic E-state index is -0.524. The molecule has 0 aromatic carbocycles. The minimum absolute atomic E-state index is 0.255. The molecule has 2 N–H and O–H groups in total.